The number of hydrogen-bond acceptors (Lipinski definition) is 6. The van der Waals surface area contributed by atoms with Gasteiger partial charge in [0.15, 0.2) is 9.84 Å². The van der Waals surface area contributed by atoms with Crippen LogP contribution in [-0.2, 0) is 14.6 Å². The fraction of sp³-hybridized carbons (Fsp3) is 0.500. The van der Waals surface area contributed by atoms with E-state index in [1.165, 1.54) is 12.1 Å². The van der Waals surface area contributed by atoms with E-state index in [2.05, 4.69) is 5.32 Å². The average molecular weight is 300 g/mol. The SMILES string of the molecule is CC1OCCC1Nc1ccc(S(C)(=O)=O)cc1[N+](=O)[O-]. The molecule has 1 N–H and O–H groups in total. The van der Waals surface area contributed by atoms with Gasteiger partial charge in [-0.3, -0.25) is 10.1 Å². The van der Waals surface area contributed by atoms with Gasteiger partial charge in [-0.25, -0.2) is 8.42 Å². The van der Waals surface area contributed by atoms with Crippen LogP contribution in [0.4, 0.5) is 11.4 Å². The first kappa shape index (κ1) is 14.7. The fourth-order valence-corrected chi connectivity index (χ4v) is 2.78. The van der Waals surface area contributed by atoms with Crippen molar-refractivity contribution in [2.45, 2.75) is 30.4 Å². The van der Waals surface area contributed by atoms with Crippen molar-refractivity contribution in [3.8, 4) is 0 Å². The summed E-state index contributed by atoms with van der Waals surface area (Å²) in [5.74, 6) is 0. The number of nitro benzene ring substituents is 1. The summed E-state index contributed by atoms with van der Waals surface area (Å²) in [7, 11) is -3.47. The van der Waals surface area contributed by atoms with Crippen molar-refractivity contribution >= 4 is 21.2 Å². The first-order valence-corrected chi connectivity index (χ1v) is 8.05. The van der Waals surface area contributed by atoms with Crippen molar-refractivity contribution in [2.24, 2.45) is 0 Å². The van der Waals surface area contributed by atoms with Crippen molar-refractivity contribution in [3.63, 3.8) is 0 Å². The maximum atomic E-state index is 11.5. The van der Waals surface area contributed by atoms with E-state index in [0.29, 0.717) is 12.3 Å². The van der Waals surface area contributed by atoms with E-state index < -0.39 is 14.8 Å². The van der Waals surface area contributed by atoms with Crippen LogP contribution in [0, 0.1) is 10.1 Å². The van der Waals surface area contributed by atoms with Crippen LogP contribution in [0.2, 0.25) is 0 Å². The Kier molecular flexibility index (Phi) is 3.96. The molecule has 8 heteroatoms. The smallest absolute Gasteiger partial charge is 0.293 e. The molecule has 2 rings (SSSR count). The van der Waals surface area contributed by atoms with Crippen LogP contribution in [0.1, 0.15) is 13.3 Å². The van der Waals surface area contributed by atoms with Crippen LogP contribution in [0.25, 0.3) is 0 Å². The molecule has 0 spiro atoms. The summed E-state index contributed by atoms with van der Waals surface area (Å²) in [4.78, 5) is 10.4. The predicted octanol–water partition coefficient (Wildman–Crippen LogP) is 1.59. The number of anilines is 1. The van der Waals surface area contributed by atoms with E-state index in [4.69, 9.17) is 4.74 Å². The maximum Gasteiger partial charge on any atom is 0.293 e. The third-order valence-corrected chi connectivity index (χ3v) is 4.42. The van der Waals surface area contributed by atoms with Gasteiger partial charge in [-0.1, -0.05) is 0 Å². The molecular formula is C12H16N2O5S. The highest BCUT2D eigenvalue weighted by molar-refractivity contribution is 7.90. The summed E-state index contributed by atoms with van der Waals surface area (Å²) in [6.07, 6.45) is 1.74. The van der Waals surface area contributed by atoms with Crippen LogP contribution in [0.5, 0.6) is 0 Å². The van der Waals surface area contributed by atoms with Gasteiger partial charge in [-0.2, -0.15) is 0 Å². The van der Waals surface area contributed by atoms with Crippen molar-refractivity contribution < 1.29 is 18.1 Å². The number of benzene rings is 1. The van der Waals surface area contributed by atoms with Gasteiger partial charge < -0.3 is 10.1 Å². The Balaban J connectivity index is 2.35. The largest absolute Gasteiger partial charge is 0.376 e. The zero-order chi connectivity index (χ0) is 14.9. The molecule has 2 atom stereocenters. The van der Waals surface area contributed by atoms with Crippen LogP contribution in [0.15, 0.2) is 23.1 Å². The number of nitrogens with one attached hydrogen (secondary N) is 1. The van der Waals surface area contributed by atoms with Gasteiger partial charge in [0.1, 0.15) is 5.69 Å². The summed E-state index contributed by atoms with van der Waals surface area (Å²) in [5, 5.41) is 14.2. The summed E-state index contributed by atoms with van der Waals surface area (Å²) >= 11 is 0. The third kappa shape index (κ3) is 3.07. The normalized spacial score (nSPS) is 22.7. The number of nitrogens with zero attached hydrogens (tertiary/aromatic N) is 1. The highest BCUT2D eigenvalue weighted by Gasteiger charge is 2.27. The van der Waals surface area contributed by atoms with Crippen LogP contribution in [-0.4, -0.2) is 38.3 Å². The van der Waals surface area contributed by atoms with Gasteiger partial charge in [-0.15, -0.1) is 0 Å². The Morgan fingerprint density at radius 2 is 2.15 bits per heavy atom. The molecule has 1 fully saturated rings. The minimum absolute atomic E-state index is 0.0159. The zero-order valence-electron chi connectivity index (χ0n) is 11.2. The quantitative estimate of drug-likeness (QED) is 0.669. The van der Waals surface area contributed by atoms with Crippen molar-refractivity contribution in [1.82, 2.24) is 0 Å². The molecule has 1 heterocycles. The molecule has 110 valence electrons. The molecule has 7 nitrogen and oxygen atoms in total. The van der Waals surface area contributed by atoms with Gasteiger partial charge >= 0.3 is 0 Å². The van der Waals surface area contributed by atoms with Crippen LogP contribution in [0.3, 0.4) is 0 Å². The van der Waals surface area contributed by atoms with E-state index >= 15 is 0 Å². The molecule has 20 heavy (non-hydrogen) atoms. The molecule has 1 saturated heterocycles. The monoisotopic (exact) mass is 300 g/mol. The second-order valence-electron chi connectivity index (χ2n) is 4.82. The van der Waals surface area contributed by atoms with E-state index in [-0.39, 0.29) is 22.7 Å². The Hall–Kier alpha value is -1.67. The summed E-state index contributed by atoms with van der Waals surface area (Å²) in [6, 6.07) is 3.86. The highest BCUT2D eigenvalue weighted by Crippen LogP contribution is 2.30. The van der Waals surface area contributed by atoms with Gasteiger partial charge in [0.05, 0.1) is 22.0 Å². The fourth-order valence-electron chi connectivity index (χ4n) is 2.14. The van der Waals surface area contributed by atoms with E-state index in [0.717, 1.165) is 18.7 Å². The Bertz CT molecular complexity index is 629. The second-order valence-corrected chi connectivity index (χ2v) is 6.84. The second kappa shape index (κ2) is 5.37. The molecule has 0 amide bonds. The molecule has 0 saturated carbocycles. The van der Waals surface area contributed by atoms with Gasteiger partial charge in [0.2, 0.25) is 0 Å². The van der Waals surface area contributed by atoms with Crippen molar-refractivity contribution in [3.05, 3.63) is 28.3 Å². The third-order valence-electron chi connectivity index (χ3n) is 3.31. The van der Waals surface area contributed by atoms with Crippen LogP contribution < -0.4 is 5.32 Å². The summed E-state index contributed by atoms with van der Waals surface area (Å²) in [5.41, 5.74) is 0.0665. The molecular weight excluding hydrogens is 284 g/mol. The van der Waals surface area contributed by atoms with Gasteiger partial charge in [0.25, 0.3) is 5.69 Å². The lowest BCUT2D eigenvalue weighted by Crippen LogP contribution is -2.27. The molecule has 0 bridgehead atoms. The summed E-state index contributed by atoms with van der Waals surface area (Å²) < 4.78 is 28.3. The summed E-state index contributed by atoms with van der Waals surface area (Å²) in [6.45, 7) is 2.50. The minimum Gasteiger partial charge on any atom is -0.376 e. The molecule has 1 aromatic carbocycles. The Morgan fingerprint density at radius 3 is 2.65 bits per heavy atom. The average Bonchev–Trinajstić information content (AvgIpc) is 2.74. The molecule has 0 aliphatic carbocycles. The number of hydrogen-bond donors (Lipinski definition) is 1. The minimum atomic E-state index is -3.47. The first-order chi connectivity index (χ1) is 9.29. The zero-order valence-corrected chi connectivity index (χ0v) is 12.0. The van der Waals surface area contributed by atoms with Gasteiger partial charge in [0, 0.05) is 18.9 Å². The van der Waals surface area contributed by atoms with E-state index in [1.54, 1.807) is 0 Å². The number of rotatable bonds is 4. The molecule has 0 aromatic heterocycles. The van der Waals surface area contributed by atoms with E-state index in [9.17, 15) is 18.5 Å². The number of sulfone groups is 1. The van der Waals surface area contributed by atoms with E-state index in [1.807, 2.05) is 6.92 Å². The molecule has 1 aliphatic rings. The number of ether oxygens (including phenoxy) is 1. The molecule has 2 unspecified atom stereocenters. The molecule has 1 aliphatic heterocycles. The van der Waals surface area contributed by atoms with Crippen molar-refractivity contribution in [2.75, 3.05) is 18.2 Å². The lowest BCUT2D eigenvalue weighted by Gasteiger charge is -2.17. The topological polar surface area (TPSA) is 98.5 Å². The Morgan fingerprint density at radius 1 is 1.45 bits per heavy atom. The highest BCUT2D eigenvalue weighted by atomic mass is 32.2. The van der Waals surface area contributed by atoms with Crippen LogP contribution >= 0.6 is 0 Å². The first-order valence-electron chi connectivity index (χ1n) is 6.15. The molecule has 1 aromatic rings. The molecule has 0 radical (unpaired) electrons. The predicted molar refractivity (Wildman–Crippen MR) is 73.6 cm³/mol. The Labute approximate surface area is 117 Å². The number of nitro groups is 1. The maximum absolute atomic E-state index is 11.5. The lowest BCUT2D eigenvalue weighted by atomic mass is 10.1. The van der Waals surface area contributed by atoms with Crippen molar-refractivity contribution in [1.29, 1.82) is 0 Å². The van der Waals surface area contributed by atoms with Gasteiger partial charge in [-0.05, 0) is 25.5 Å². The lowest BCUT2D eigenvalue weighted by molar-refractivity contribution is -0.384. The standard InChI is InChI=1S/C12H16N2O5S/c1-8-10(5-6-19-8)13-11-4-3-9(20(2,17)18)7-12(11)14(15)16/h3-4,7-8,10,13H,5-6H2,1-2H3.